The first-order valence-electron chi connectivity index (χ1n) is 10.6. The first kappa shape index (κ1) is 19.3. The fourth-order valence-electron chi connectivity index (χ4n) is 4.36. The van der Waals surface area contributed by atoms with Crippen molar-refractivity contribution in [2.24, 2.45) is 0 Å². The van der Waals surface area contributed by atoms with Crippen molar-refractivity contribution in [3.05, 3.63) is 117 Å². The van der Waals surface area contributed by atoms with Crippen LogP contribution in [0.25, 0.3) is 11.0 Å². The third-order valence-corrected chi connectivity index (χ3v) is 6.02. The predicted octanol–water partition coefficient (Wildman–Crippen LogP) is 5.41. The molecule has 154 valence electrons. The molecule has 0 N–H and O–H groups in total. The van der Waals surface area contributed by atoms with E-state index in [2.05, 4.69) is 19.1 Å². The van der Waals surface area contributed by atoms with Crippen LogP contribution in [0.1, 0.15) is 51.3 Å². The van der Waals surface area contributed by atoms with Gasteiger partial charge in [-0.05, 0) is 42.2 Å². The molecule has 1 aliphatic rings. The summed E-state index contributed by atoms with van der Waals surface area (Å²) in [5.74, 6) is -0.0927. The van der Waals surface area contributed by atoms with Gasteiger partial charge in [-0.3, -0.25) is 9.59 Å². The van der Waals surface area contributed by atoms with Crippen LogP contribution in [0.15, 0.2) is 82.0 Å². The predicted molar refractivity (Wildman–Crippen MR) is 121 cm³/mol. The maximum absolute atomic E-state index is 13.6. The average Bonchev–Trinajstić information content (AvgIpc) is 3.07. The highest BCUT2D eigenvalue weighted by Gasteiger charge is 2.42. The van der Waals surface area contributed by atoms with Gasteiger partial charge in [-0.15, -0.1) is 0 Å². The lowest BCUT2D eigenvalue weighted by atomic mass is 9.96. The normalized spacial score (nSPS) is 15.5. The summed E-state index contributed by atoms with van der Waals surface area (Å²) >= 11 is 0. The zero-order valence-corrected chi connectivity index (χ0v) is 17.6. The average molecular weight is 409 g/mol. The molecule has 5 rings (SSSR count). The summed E-state index contributed by atoms with van der Waals surface area (Å²) in [6.45, 7) is 4.45. The van der Waals surface area contributed by atoms with E-state index in [1.807, 2.05) is 61.5 Å². The largest absolute Gasteiger partial charge is 0.450 e. The van der Waals surface area contributed by atoms with Crippen molar-refractivity contribution < 1.29 is 9.21 Å². The Kier molecular flexibility index (Phi) is 4.70. The van der Waals surface area contributed by atoms with Gasteiger partial charge < -0.3 is 9.32 Å². The van der Waals surface area contributed by atoms with Crippen LogP contribution in [-0.2, 0) is 13.0 Å². The molecular formula is C27H23NO3. The lowest BCUT2D eigenvalue weighted by molar-refractivity contribution is 0.0714. The first-order chi connectivity index (χ1) is 15.1. The molecule has 1 aliphatic heterocycles. The van der Waals surface area contributed by atoms with E-state index in [1.54, 1.807) is 11.0 Å². The molecular weight excluding hydrogens is 386 g/mol. The van der Waals surface area contributed by atoms with Gasteiger partial charge in [0.25, 0.3) is 5.91 Å². The molecule has 0 spiro atoms. The molecule has 0 fully saturated rings. The Balaban J connectivity index is 1.72. The Morgan fingerprint density at radius 2 is 1.65 bits per heavy atom. The number of fused-ring (bicyclic) bond motifs is 2. The Bertz CT molecular complexity index is 1340. The van der Waals surface area contributed by atoms with Gasteiger partial charge in [-0.2, -0.15) is 0 Å². The van der Waals surface area contributed by atoms with Crippen molar-refractivity contribution in [1.82, 2.24) is 4.90 Å². The Hall–Kier alpha value is -3.66. The van der Waals surface area contributed by atoms with E-state index in [-0.39, 0.29) is 17.1 Å². The summed E-state index contributed by atoms with van der Waals surface area (Å²) in [4.78, 5) is 28.8. The van der Waals surface area contributed by atoms with Crippen molar-refractivity contribution >= 4 is 16.9 Å². The second kappa shape index (κ2) is 7.55. The van der Waals surface area contributed by atoms with Crippen molar-refractivity contribution in [1.29, 1.82) is 0 Å². The number of hydrogen-bond donors (Lipinski definition) is 0. The van der Waals surface area contributed by atoms with Crippen molar-refractivity contribution in [2.75, 3.05) is 0 Å². The van der Waals surface area contributed by atoms with Gasteiger partial charge >= 0.3 is 0 Å². The Labute approximate surface area is 180 Å². The summed E-state index contributed by atoms with van der Waals surface area (Å²) in [5, 5.41) is 0.517. The zero-order chi connectivity index (χ0) is 21.5. The van der Waals surface area contributed by atoms with Gasteiger partial charge in [0.1, 0.15) is 5.58 Å². The van der Waals surface area contributed by atoms with E-state index >= 15 is 0 Å². The summed E-state index contributed by atoms with van der Waals surface area (Å²) in [5.41, 5.74) is 4.87. The smallest absolute Gasteiger partial charge is 0.291 e. The van der Waals surface area contributed by atoms with Crippen molar-refractivity contribution in [3.8, 4) is 0 Å². The third-order valence-electron chi connectivity index (χ3n) is 6.02. The SMILES string of the molecule is CCc1ccc([C@H]2c3c(oc4ccc(C)cc4c3=O)C(=O)N2Cc2ccccc2)cc1. The molecule has 4 aromatic rings. The molecule has 0 unspecified atom stereocenters. The minimum Gasteiger partial charge on any atom is -0.450 e. The van der Waals surface area contributed by atoms with Gasteiger partial charge in [0.05, 0.1) is 17.0 Å². The number of hydrogen-bond acceptors (Lipinski definition) is 3. The fourth-order valence-corrected chi connectivity index (χ4v) is 4.36. The van der Waals surface area contributed by atoms with Crippen LogP contribution >= 0.6 is 0 Å². The van der Waals surface area contributed by atoms with E-state index in [9.17, 15) is 9.59 Å². The fraction of sp³-hybridized carbons (Fsp3) is 0.185. The van der Waals surface area contributed by atoms with Crippen molar-refractivity contribution in [2.45, 2.75) is 32.9 Å². The molecule has 0 aliphatic carbocycles. The molecule has 3 aromatic carbocycles. The van der Waals surface area contributed by atoms with E-state index in [1.165, 1.54) is 5.56 Å². The topological polar surface area (TPSA) is 50.5 Å². The molecule has 4 heteroatoms. The number of benzene rings is 3. The van der Waals surface area contributed by atoms with Gasteiger partial charge in [0.2, 0.25) is 5.76 Å². The number of nitrogens with zero attached hydrogens (tertiary/aromatic N) is 1. The highest BCUT2D eigenvalue weighted by molar-refractivity contribution is 5.99. The van der Waals surface area contributed by atoms with Crippen LogP contribution in [0.4, 0.5) is 0 Å². The molecule has 0 radical (unpaired) electrons. The highest BCUT2D eigenvalue weighted by atomic mass is 16.3. The van der Waals surface area contributed by atoms with Crippen LogP contribution in [0.3, 0.4) is 0 Å². The van der Waals surface area contributed by atoms with Gasteiger partial charge in [0.15, 0.2) is 5.43 Å². The number of aryl methyl sites for hydroxylation is 2. The van der Waals surface area contributed by atoms with Crippen LogP contribution < -0.4 is 5.43 Å². The molecule has 1 amide bonds. The van der Waals surface area contributed by atoms with Crippen molar-refractivity contribution in [3.63, 3.8) is 0 Å². The lowest BCUT2D eigenvalue weighted by Gasteiger charge is -2.25. The van der Waals surface area contributed by atoms with Crippen LogP contribution in [-0.4, -0.2) is 10.8 Å². The zero-order valence-electron chi connectivity index (χ0n) is 17.6. The molecule has 31 heavy (non-hydrogen) atoms. The monoisotopic (exact) mass is 409 g/mol. The second-order valence-electron chi connectivity index (χ2n) is 8.09. The highest BCUT2D eigenvalue weighted by Crippen LogP contribution is 2.39. The van der Waals surface area contributed by atoms with E-state index in [0.29, 0.717) is 23.1 Å². The molecule has 1 aromatic heterocycles. The number of carbonyl (C=O) groups excluding carboxylic acids is 1. The van der Waals surface area contributed by atoms with E-state index in [0.717, 1.165) is 23.1 Å². The van der Waals surface area contributed by atoms with Crippen LogP contribution in [0.5, 0.6) is 0 Å². The lowest BCUT2D eigenvalue weighted by Crippen LogP contribution is -2.29. The van der Waals surface area contributed by atoms with E-state index in [4.69, 9.17) is 4.42 Å². The van der Waals surface area contributed by atoms with Crippen LogP contribution in [0.2, 0.25) is 0 Å². The minimum atomic E-state index is -0.477. The Morgan fingerprint density at radius 3 is 2.35 bits per heavy atom. The third kappa shape index (κ3) is 3.25. The number of amides is 1. The molecule has 4 nitrogen and oxygen atoms in total. The second-order valence-corrected chi connectivity index (χ2v) is 8.09. The minimum absolute atomic E-state index is 0.131. The summed E-state index contributed by atoms with van der Waals surface area (Å²) in [7, 11) is 0. The molecule has 1 atom stereocenters. The molecule has 0 saturated heterocycles. The quantitative estimate of drug-likeness (QED) is 0.453. The van der Waals surface area contributed by atoms with E-state index < -0.39 is 6.04 Å². The maximum Gasteiger partial charge on any atom is 0.291 e. The first-order valence-corrected chi connectivity index (χ1v) is 10.6. The number of carbonyl (C=O) groups is 1. The number of rotatable bonds is 4. The van der Waals surface area contributed by atoms with Gasteiger partial charge in [-0.25, -0.2) is 0 Å². The Morgan fingerprint density at radius 1 is 0.903 bits per heavy atom. The molecule has 0 bridgehead atoms. The molecule has 0 saturated carbocycles. The standard InChI is InChI=1S/C27H23NO3/c1-3-18-10-12-20(13-11-18)24-23-25(29)21-15-17(2)9-14-22(21)31-26(23)27(30)28(24)16-19-7-5-4-6-8-19/h4-15,24H,3,16H2,1-2H3/t24-/m0/s1. The van der Waals surface area contributed by atoms with Gasteiger partial charge in [-0.1, -0.05) is 73.2 Å². The molecule has 2 heterocycles. The van der Waals surface area contributed by atoms with Gasteiger partial charge in [0, 0.05) is 6.54 Å². The summed E-state index contributed by atoms with van der Waals surface area (Å²) in [6, 6.07) is 23.0. The summed E-state index contributed by atoms with van der Waals surface area (Å²) < 4.78 is 6.03. The summed E-state index contributed by atoms with van der Waals surface area (Å²) in [6.07, 6.45) is 0.931. The van der Waals surface area contributed by atoms with Crippen LogP contribution in [0, 0.1) is 6.92 Å². The maximum atomic E-state index is 13.6.